The second kappa shape index (κ2) is 6.49. The van der Waals surface area contributed by atoms with E-state index in [1.807, 2.05) is 7.05 Å². The minimum Gasteiger partial charge on any atom is -0.342 e. The summed E-state index contributed by atoms with van der Waals surface area (Å²) in [6.07, 6.45) is 11.4. The molecule has 128 valence electrons. The lowest BCUT2D eigenvalue weighted by atomic mass is 9.86. The maximum atomic E-state index is 12.9. The average Bonchev–Trinajstić information content (AvgIpc) is 2.99. The number of amides is 1. The number of nitrogens with zero attached hydrogens (tertiary/aromatic N) is 5. The second-order valence-electron chi connectivity index (χ2n) is 7.20. The predicted molar refractivity (Wildman–Crippen MR) is 91.4 cm³/mol. The Bertz CT molecular complexity index is 734. The van der Waals surface area contributed by atoms with E-state index in [-0.39, 0.29) is 11.8 Å². The molecule has 0 aromatic carbocycles. The standard InChI is InChI=1S/C18H25N5O/c1-22-17-16(19-9-10-20-17)15(21-22)14-8-5-11-23(12-14)18(24)13-6-3-2-4-7-13/h9-10,13-14H,2-8,11-12H2,1H3/t14-/m1/s1. The number of hydrogen-bond acceptors (Lipinski definition) is 4. The number of likely N-dealkylation sites (tertiary alicyclic amines) is 1. The molecule has 6 nitrogen and oxygen atoms in total. The number of hydrogen-bond donors (Lipinski definition) is 0. The fourth-order valence-corrected chi connectivity index (χ4v) is 4.29. The van der Waals surface area contributed by atoms with E-state index >= 15 is 0 Å². The molecule has 6 heteroatoms. The molecule has 0 N–H and O–H groups in total. The number of carbonyl (C=O) groups is 1. The topological polar surface area (TPSA) is 63.9 Å². The van der Waals surface area contributed by atoms with Gasteiger partial charge in [0, 0.05) is 44.4 Å². The van der Waals surface area contributed by atoms with Crippen molar-refractivity contribution in [3.8, 4) is 0 Å². The van der Waals surface area contributed by atoms with E-state index in [1.165, 1.54) is 19.3 Å². The maximum Gasteiger partial charge on any atom is 0.225 e. The Morgan fingerprint density at radius 1 is 1.08 bits per heavy atom. The quantitative estimate of drug-likeness (QED) is 0.850. The molecule has 4 rings (SSSR count). The van der Waals surface area contributed by atoms with Crippen molar-refractivity contribution < 1.29 is 4.79 Å². The van der Waals surface area contributed by atoms with Crippen molar-refractivity contribution in [2.45, 2.75) is 50.9 Å². The van der Waals surface area contributed by atoms with Crippen LogP contribution in [0, 0.1) is 5.92 Å². The van der Waals surface area contributed by atoms with Crippen LogP contribution in [0.2, 0.25) is 0 Å². The fraction of sp³-hybridized carbons (Fsp3) is 0.667. The Morgan fingerprint density at radius 2 is 1.88 bits per heavy atom. The summed E-state index contributed by atoms with van der Waals surface area (Å²) in [6, 6.07) is 0. The van der Waals surface area contributed by atoms with Gasteiger partial charge in [0.15, 0.2) is 5.65 Å². The molecular weight excluding hydrogens is 302 g/mol. The average molecular weight is 327 g/mol. The molecule has 24 heavy (non-hydrogen) atoms. The summed E-state index contributed by atoms with van der Waals surface area (Å²) in [7, 11) is 1.91. The molecule has 2 aliphatic rings. The molecule has 2 fully saturated rings. The summed E-state index contributed by atoms with van der Waals surface area (Å²) < 4.78 is 1.81. The highest BCUT2D eigenvalue weighted by atomic mass is 16.2. The minimum absolute atomic E-state index is 0.248. The first-order chi connectivity index (χ1) is 11.7. The van der Waals surface area contributed by atoms with Crippen molar-refractivity contribution in [3.63, 3.8) is 0 Å². The molecule has 0 spiro atoms. The molecule has 0 unspecified atom stereocenters. The summed E-state index contributed by atoms with van der Waals surface area (Å²) in [6.45, 7) is 1.67. The number of carbonyl (C=O) groups excluding carboxylic acids is 1. The summed E-state index contributed by atoms with van der Waals surface area (Å²) in [5, 5.41) is 4.67. The number of aryl methyl sites for hydroxylation is 1. The van der Waals surface area contributed by atoms with Gasteiger partial charge in [-0.25, -0.2) is 14.6 Å². The Hall–Kier alpha value is -1.98. The lowest BCUT2D eigenvalue weighted by Crippen LogP contribution is -2.43. The van der Waals surface area contributed by atoms with E-state index < -0.39 is 0 Å². The first-order valence-corrected chi connectivity index (χ1v) is 9.16. The highest BCUT2D eigenvalue weighted by Crippen LogP contribution is 2.32. The molecule has 1 atom stereocenters. The van der Waals surface area contributed by atoms with Crippen molar-refractivity contribution in [3.05, 3.63) is 18.1 Å². The third-order valence-electron chi connectivity index (χ3n) is 5.56. The van der Waals surface area contributed by atoms with Crippen LogP contribution in [0.15, 0.2) is 12.4 Å². The predicted octanol–water partition coefficient (Wildman–Crippen LogP) is 2.65. The van der Waals surface area contributed by atoms with Crippen molar-refractivity contribution in [2.75, 3.05) is 13.1 Å². The van der Waals surface area contributed by atoms with Gasteiger partial charge in [-0.05, 0) is 25.7 Å². The van der Waals surface area contributed by atoms with Crippen LogP contribution >= 0.6 is 0 Å². The van der Waals surface area contributed by atoms with Crippen LogP contribution in [0.5, 0.6) is 0 Å². The van der Waals surface area contributed by atoms with Crippen molar-refractivity contribution in [1.82, 2.24) is 24.6 Å². The molecule has 2 aromatic rings. The molecule has 1 saturated heterocycles. The molecule has 1 aliphatic carbocycles. The number of aromatic nitrogens is 4. The number of piperidine rings is 1. The number of rotatable bonds is 2. The molecule has 0 bridgehead atoms. The normalized spacial score (nSPS) is 22.9. The Morgan fingerprint density at radius 3 is 2.71 bits per heavy atom. The van der Waals surface area contributed by atoms with Crippen LogP contribution in [0.25, 0.3) is 11.2 Å². The summed E-state index contributed by atoms with van der Waals surface area (Å²) in [4.78, 5) is 23.8. The van der Waals surface area contributed by atoms with Gasteiger partial charge in [0.05, 0.1) is 5.69 Å². The van der Waals surface area contributed by atoms with E-state index in [0.717, 1.165) is 55.6 Å². The van der Waals surface area contributed by atoms with Crippen molar-refractivity contribution in [1.29, 1.82) is 0 Å². The third kappa shape index (κ3) is 2.78. The van der Waals surface area contributed by atoms with Crippen LogP contribution in [0.4, 0.5) is 0 Å². The largest absolute Gasteiger partial charge is 0.342 e. The van der Waals surface area contributed by atoms with Gasteiger partial charge in [-0.3, -0.25) is 4.79 Å². The summed E-state index contributed by atoms with van der Waals surface area (Å²) in [5.74, 6) is 0.884. The molecule has 2 aromatic heterocycles. The number of fused-ring (bicyclic) bond motifs is 1. The first-order valence-electron chi connectivity index (χ1n) is 9.16. The molecule has 1 aliphatic heterocycles. The van der Waals surface area contributed by atoms with Gasteiger partial charge >= 0.3 is 0 Å². The van der Waals surface area contributed by atoms with E-state index in [4.69, 9.17) is 0 Å². The van der Waals surface area contributed by atoms with Gasteiger partial charge in [0.2, 0.25) is 5.91 Å². The zero-order chi connectivity index (χ0) is 16.5. The highest BCUT2D eigenvalue weighted by Gasteiger charge is 2.32. The van der Waals surface area contributed by atoms with Crippen LogP contribution < -0.4 is 0 Å². The molecule has 1 amide bonds. The summed E-state index contributed by atoms with van der Waals surface area (Å²) >= 11 is 0. The Balaban J connectivity index is 1.55. The molecule has 1 saturated carbocycles. The van der Waals surface area contributed by atoms with E-state index in [9.17, 15) is 4.79 Å². The van der Waals surface area contributed by atoms with Gasteiger partial charge in [-0.2, -0.15) is 5.10 Å². The van der Waals surface area contributed by atoms with Crippen LogP contribution in [0.1, 0.15) is 56.6 Å². The zero-order valence-corrected chi connectivity index (χ0v) is 14.3. The SMILES string of the molecule is Cn1nc([C@@H]2CCCN(C(=O)C3CCCCC3)C2)c2nccnc21. The van der Waals surface area contributed by atoms with Gasteiger partial charge in [0.1, 0.15) is 5.52 Å². The van der Waals surface area contributed by atoms with E-state index in [0.29, 0.717) is 5.91 Å². The minimum atomic E-state index is 0.248. The lowest BCUT2D eigenvalue weighted by Gasteiger charge is -2.35. The Kier molecular flexibility index (Phi) is 4.21. The van der Waals surface area contributed by atoms with Gasteiger partial charge in [-0.1, -0.05) is 19.3 Å². The zero-order valence-electron chi connectivity index (χ0n) is 14.3. The van der Waals surface area contributed by atoms with E-state index in [2.05, 4.69) is 20.0 Å². The lowest BCUT2D eigenvalue weighted by molar-refractivity contribution is -0.137. The van der Waals surface area contributed by atoms with Crippen molar-refractivity contribution >= 4 is 17.1 Å². The second-order valence-corrected chi connectivity index (χ2v) is 7.20. The van der Waals surface area contributed by atoms with Crippen LogP contribution in [0.3, 0.4) is 0 Å². The molecular formula is C18H25N5O. The summed E-state index contributed by atoms with van der Waals surface area (Å²) in [5.41, 5.74) is 2.71. The van der Waals surface area contributed by atoms with Crippen molar-refractivity contribution in [2.24, 2.45) is 13.0 Å². The highest BCUT2D eigenvalue weighted by molar-refractivity contribution is 5.79. The molecule has 3 heterocycles. The molecule has 0 radical (unpaired) electrons. The monoisotopic (exact) mass is 327 g/mol. The van der Waals surface area contributed by atoms with Gasteiger partial charge in [-0.15, -0.1) is 0 Å². The Labute approximate surface area is 142 Å². The van der Waals surface area contributed by atoms with Crippen LogP contribution in [-0.4, -0.2) is 43.6 Å². The third-order valence-corrected chi connectivity index (χ3v) is 5.56. The smallest absolute Gasteiger partial charge is 0.225 e. The maximum absolute atomic E-state index is 12.9. The van der Waals surface area contributed by atoms with E-state index in [1.54, 1.807) is 17.1 Å². The van der Waals surface area contributed by atoms with Crippen LogP contribution in [-0.2, 0) is 11.8 Å². The first kappa shape index (κ1) is 15.5. The fourth-order valence-electron chi connectivity index (χ4n) is 4.29. The van der Waals surface area contributed by atoms with Gasteiger partial charge in [0.25, 0.3) is 0 Å². The van der Waals surface area contributed by atoms with Gasteiger partial charge < -0.3 is 4.90 Å².